The zero-order valence-corrected chi connectivity index (χ0v) is 14.2. The van der Waals surface area contributed by atoms with Crippen LogP contribution in [0.3, 0.4) is 0 Å². The highest BCUT2D eigenvalue weighted by molar-refractivity contribution is 6.38. The number of hydrogen-bond acceptors (Lipinski definition) is 3. The number of benzene rings is 1. The minimum atomic E-state index is 0.401. The van der Waals surface area contributed by atoms with Crippen LogP contribution in [0.15, 0.2) is 24.3 Å². The van der Waals surface area contributed by atoms with Gasteiger partial charge >= 0.3 is 0 Å². The molecule has 1 aromatic carbocycles. The maximum atomic E-state index is 6.16. The quantitative estimate of drug-likeness (QED) is 0.657. The smallest absolute Gasteiger partial charge is 0.151 e. The van der Waals surface area contributed by atoms with E-state index in [4.69, 9.17) is 46.4 Å². The summed E-state index contributed by atoms with van der Waals surface area (Å²) in [5, 5.41) is 8.17. The van der Waals surface area contributed by atoms with Gasteiger partial charge in [0, 0.05) is 11.6 Å². The van der Waals surface area contributed by atoms with Crippen molar-refractivity contribution in [3.05, 3.63) is 44.4 Å². The highest BCUT2D eigenvalue weighted by Gasteiger charge is 2.11. The van der Waals surface area contributed by atoms with Crippen molar-refractivity contribution in [2.45, 2.75) is 13.3 Å². The maximum absolute atomic E-state index is 6.16. The maximum Gasteiger partial charge on any atom is 0.151 e. The van der Waals surface area contributed by atoms with Crippen molar-refractivity contribution in [1.82, 2.24) is 4.98 Å². The van der Waals surface area contributed by atoms with Crippen molar-refractivity contribution in [3.63, 3.8) is 0 Å². The second-order valence-electron chi connectivity index (χ2n) is 4.33. The Bertz CT molecular complexity index is 646. The summed E-state index contributed by atoms with van der Waals surface area (Å²) in [5.74, 6) is 1.03. The van der Waals surface area contributed by atoms with Gasteiger partial charge in [-0.1, -0.05) is 53.3 Å². The van der Waals surface area contributed by atoms with E-state index in [1.54, 1.807) is 24.3 Å². The Kier molecular flexibility index (Phi) is 5.82. The Morgan fingerprint density at radius 3 is 2.38 bits per heavy atom. The molecule has 0 spiro atoms. The van der Waals surface area contributed by atoms with Crippen LogP contribution in [0.4, 0.5) is 17.3 Å². The standard InChI is InChI=1S/C14H13Cl4N3/c1-2-5-19-13-10(17)7-11(18)14(21-13)20-12-6-8(15)3-4-9(12)16/h3-4,6-7H,2,5H2,1H3,(H2,19,20,21). The number of rotatable bonds is 5. The Morgan fingerprint density at radius 1 is 0.952 bits per heavy atom. The minimum Gasteiger partial charge on any atom is -0.369 e. The zero-order valence-electron chi connectivity index (χ0n) is 11.2. The van der Waals surface area contributed by atoms with Gasteiger partial charge in [0.15, 0.2) is 5.82 Å². The van der Waals surface area contributed by atoms with Gasteiger partial charge in [-0.15, -0.1) is 0 Å². The second-order valence-corrected chi connectivity index (χ2v) is 5.98. The van der Waals surface area contributed by atoms with Crippen LogP contribution >= 0.6 is 46.4 Å². The number of nitrogens with zero attached hydrogens (tertiary/aromatic N) is 1. The first-order valence-electron chi connectivity index (χ1n) is 6.33. The largest absolute Gasteiger partial charge is 0.369 e. The first-order valence-corrected chi connectivity index (χ1v) is 7.84. The highest BCUT2D eigenvalue weighted by Crippen LogP contribution is 2.34. The Morgan fingerprint density at radius 2 is 1.67 bits per heavy atom. The topological polar surface area (TPSA) is 37.0 Å². The fraction of sp³-hybridized carbons (Fsp3) is 0.214. The van der Waals surface area contributed by atoms with Gasteiger partial charge in [0.25, 0.3) is 0 Å². The summed E-state index contributed by atoms with van der Waals surface area (Å²) < 4.78 is 0. The number of nitrogens with one attached hydrogen (secondary N) is 2. The Labute approximate surface area is 143 Å². The molecule has 112 valence electrons. The second kappa shape index (κ2) is 7.41. The lowest BCUT2D eigenvalue weighted by Gasteiger charge is -2.13. The van der Waals surface area contributed by atoms with Crippen molar-refractivity contribution in [2.75, 3.05) is 17.2 Å². The number of aromatic nitrogens is 1. The van der Waals surface area contributed by atoms with Gasteiger partial charge in [0.1, 0.15) is 5.82 Å². The Hall–Kier alpha value is -0.870. The van der Waals surface area contributed by atoms with E-state index in [2.05, 4.69) is 22.5 Å². The summed E-state index contributed by atoms with van der Waals surface area (Å²) in [5.41, 5.74) is 0.627. The molecule has 0 aliphatic heterocycles. The molecule has 0 atom stereocenters. The predicted molar refractivity (Wildman–Crippen MR) is 92.8 cm³/mol. The molecule has 2 rings (SSSR count). The van der Waals surface area contributed by atoms with Crippen molar-refractivity contribution in [2.24, 2.45) is 0 Å². The third kappa shape index (κ3) is 4.30. The lowest BCUT2D eigenvalue weighted by molar-refractivity contribution is 0.970. The predicted octanol–water partition coefficient (Wildman–Crippen LogP) is 6.26. The van der Waals surface area contributed by atoms with E-state index >= 15 is 0 Å². The van der Waals surface area contributed by atoms with E-state index in [-0.39, 0.29) is 0 Å². The molecule has 7 heteroatoms. The number of halogens is 4. The normalized spacial score (nSPS) is 10.5. The molecule has 0 saturated carbocycles. The molecular weight excluding hydrogens is 352 g/mol. The Balaban J connectivity index is 2.32. The van der Waals surface area contributed by atoms with Gasteiger partial charge in [-0.25, -0.2) is 4.98 Å². The third-order valence-corrected chi connectivity index (χ3v) is 3.79. The van der Waals surface area contributed by atoms with Gasteiger partial charge in [0.05, 0.1) is 20.8 Å². The number of hydrogen-bond donors (Lipinski definition) is 2. The van der Waals surface area contributed by atoms with E-state index in [0.29, 0.717) is 37.4 Å². The number of anilines is 3. The molecule has 3 nitrogen and oxygen atoms in total. The lowest BCUT2D eigenvalue weighted by atomic mass is 10.3. The summed E-state index contributed by atoms with van der Waals surface area (Å²) in [4.78, 5) is 4.39. The summed E-state index contributed by atoms with van der Waals surface area (Å²) in [6.45, 7) is 2.83. The van der Waals surface area contributed by atoms with Crippen molar-refractivity contribution < 1.29 is 0 Å². The van der Waals surface area contributed by atoms with Crippen LogP contribution in [0.2, 0.25) is 20.1 Å². The summed E-state index contributed by atoms with van der Waals surface area (Å²) in [6, 6.07) is 6.75. The molecule has 0 aliphatic carbocycles. The molecule has 0 aliphatic rings. The molecule has 21 heavy (non-hydrogen) atoms. The molecule has 0 unspecified atom stereocenters. The monoisotopic (exact) mass is 363 g/mol. The van der Waals surface area contributed by atoms with E-state index < -0.39 is 0 Å². The fourth-order valence-electron chi connectivity index (χ4n) is 1.64. The highest BCUT2D eigenvalue weighted by atomic mass is 35.5. The molecule has 1 heterocycles. The van der Waals surface area contributed by atoms with E-state index in [9.17, 15) is 0 Å². The minimum absolute atomic E-state index is 0.401. The fourth-order valence-corrected chi connectivity index (χ4v) is 2.45. The molecule has 0 saturated heterocycles. The van der Waals surface area contributed by atoms with Crippen LogP contribution < -0.4 is 10.6 Å². The van der Waals surface area contributed by atoms with Crippen molar-refractivity contribution >= 4 is 63.7 Å². The van der Waals surface area contributed by atoms with Crippen LogP contribution in [0.25, 0.3) is 0 Å². The molecular formula is C14H13Cl4N3. The third-order valence-electron chi connectivity index (χ3n) is 2.65. The van der Waals surface area contributed by atoms with E-state index in [1.165, 1.54) is 0 Å². The van der Waals surface area contributed by atoms with Gasteiger partial charge in [-0.05, 0) is 30.7 Å². The average Bonchev–Trinajstić information content (AvgIpc) is 2.44. The molecule has 0 bridgehead atoms. The van der Waals surface area contributed by atoms with E-state index in [0.717, 1.165) is 13.0 Å². The summed E-state index contributed by atoms with van der Waals surface area (Å²) in [7, 11) is 0. The molecule has 1 aromatic heterocycles. The van der Waals surface area contributed by atoms with Gasteiger partial charge in [-0.2, -0.15) is 0 Å². The van der Waals surface area contributed by atoms with Gasteiger partial charge in [-0.3, -0.25) is 0 Å². The van der Waals surface area contributed by atoms with Crippen LogP contribution in [0.5, 0.6) is 0 Å². The molecule has 0 fully saturated rings. The number of pyridine rings is 1. The van der Waals surface area contributed by atoms with Crippen LogP contribution in [-0.2, 0) is 0 Å². The summed E-state index contributed by atoms with van der Waals surface area (Å²) in [6.07, 6.45) is 0.962. The van der Waals surface area contributed by atoms with Crippen molar-refractivity contribution in [1.29, 1.82) is 0 Å². The van der Waals surface area contributed by atoms with Gasteiger partial charge < -0.3 is 10.6 Å². The van der Waals surface area contributed by atoms with E-state index in [1.807, 2.05) is 0 Å². The molecule has 0 radical (unpaired) electrons. The first kappa shape index (κ1) is 16.5. The zero-order chi connectivity index (χ0) is 15.4. The lowest BCUT2D eigenvalue weighted by Crippen LogP contribution is -2.05. The SMILES string of the molecule is CCCNc1nc(Nc2cc(Cl)ccc2Cl)c(Cl)cc1Cl. The van der Waals surface area contributed by atoms with Gasteiger partial charge in [0.2, 0.25) is 0 Å². The molecule has 2 N–H and O–H groups in total. The average molecular weight is 365 g/mol. The van der Waals surface area contributed by atoms with Crippen LogP contribution in [0.1, 0.15) is 13.3 Å². The molecule has 0 amide bonds. The van der Waals surface area contributed by atoms with Crippen LogP contribution in [0, 0.1) is 0 Å². The van der Waals surface area contributed by atoms with Crippen molar-refractivity contribution in [3.8, 4) is 0 Å². The summed E-state index contributed by atoms with van der Waals surface area (Å²) >= 11 is 24.4. The first-order chi connectivity index (χ1) is 10.0. The molecule has 2 aromatic rings. The van der Waals surface area contributed by atoms with Crippen LogP contribution in [-0.4, -0.2) is 11.5 Å².